The van der Waals surface area contributed by atoms with E-state index < -0.39 is 0 Å². The fourth-order valence-corrected chi connectivity index (χ4v) is 2.50. The Kier molecular flexibility index (Phi) is 3.57. The molecule has 2 unspecified atom stereocenters. The molecule has 0 spiro atoms. The van der Waals surface area contributed by atoms with E-state index in [9.17, 15) is 0 Å². The van der Waals surface area contributed by atoms with E-state index in [0.717, 1.165) is 28.8 Å². The van der Waals surface area contributed by atoms with Crippen LogP contribution in [0.4, 0.5) is 5.82 Å². The van der Waals surface area contributed by atoms with E-state index in [2.05, 4.69) is 38.1 Å². The summed E-state index contributed by atoms with van der Waals surface area (Å²) in [5.41, 5.74) is 0. The van der Waals surface area contributed by atoms with Gasteiger partial charge in [-0.1, -0.05) is 19.8 Å². The molecule has 4 heteroatoms. The van der Waals surface area contributed by atoms with Gasteiger partial charge in [0.2, 0.25) is 0 Å². The molecule has 0 aromatic carbocycles. The molecule has 0 bridgehead atoms. The van der Waals surface area contributed by atoms with Gasteiger partial charge in [-0.2, -0.15) is 0 Å². The number of anilines is 1. The zero-order valence-electron chi connectivity index (χ0n) is 8.91. The maximum atomic E-state index is 4.17. The number of halogens is 1. The van der Waals surface area contributed by atoms with E-state index in [0.29, 0.717) is 0 Å². The molecule has 2 atom stereocenters. The molecule has 82 valence electrons. The summed E-state index contributed by atoms with van der Waals surface area (Å²) in [5, 5.41) is 3.38. The lowest BCUT2D eigenvalue weighted by atomic mass is 9.98. The van der Waals surface area contributed by atoms with Gasteiger partial charge in [-0.15, -0.1) is 0 Å². The van der Waals surface area contributed by atoms with Crippen LogP contribution in [0.15, 0.2) is 17.0 Å². The second kappa shape index (κ2) is 4.92. The van der Waals surface area contributed by atoms with Crippen molar-refractivity contribution in [1.82, 2.24) is 9.97 Å². The lowest BCUT2D eigenvalue weighted by molar-refractivity contribution is 0.439. The summed E-state index contributed by atoms with van der Waals surface area (Å²) in [6.07, 6.45) is 5.67. The highest BCUT2D eigenvalue weighted by molar-refractivity contribution is 9.10. The molecule has 1 aromatic heterocycles. The van der Waals surface area contributed by atoms with Gasteiger partial charge >= 0.3 is 0 Å². The van der Waals surface area contributed by atoms with E-state index >= 15 is 0 Å². The highest BCUT2D eigenvalue weighted by Gasteiger charge is 2.22. The Labute approximate surface area is 98.8 Å². The van der Waals surface area contributed by atoms with Crippen LogP contribution in [0.1, 0.15) is 26.2 Å². The standard InChI is InChI=1S/C11H16BrN3/c1-8-3-2-4-9(8)6-13-11-5-10(12)14-7-15-11/h5,7-9H,2-4,6H2,1H3,(H,13,14,15). The first kappa shape index (κ1) is 10.9. The largest absolute Gasteiger partial charge is 0.370 e. The minimum atomic E-state index is 0.804. The Bertz CT molecular complexity index is 329. The average Bonchev–Trinajstić information content (AvgIpc) is 2.61. The van der Waals surface area contributed by atoms with E-state index in [4.69, 9.17) is 0 Å². The Balaban J connectivity index is 1.87. The molecule has 1 aromatic rings. The summed E-state index contributed by atoms with van der Waals surface area (Å²) in [5.74, 6) is 2.57. The number of hydrogen-bond acceptors (Lipinski definition) is 3. The normalized spacial score (nSPS) is 25.5. The summed E-state index contributed by atoms with van der Waals surface area (Å²) in [6.45, 7) is 3.37. The van der Waals surface area contributed by atoms with Crippen molar-refractivity contribution in [3.05, 3.63) is 17.0 Å². The third-order valence-corrected chi connectivity index (χ3v) is 3.65. The molecule has 2 rings (SSSR count). The Morgan fingerprint density at radius 3 is 3.00 bits per heavy atom. The highest BCUT2D eigenvalue weighted by Crippen LogP contribution is 2.31. The van der Waals surface area contributed by atoms with Crippen LogP contribution in [0.25, 0.3) is 0 Å². The van der Waals surface area contributed by atoms with Crippen LogP contribution in [-0.4, -0.2) is 16.5 Å². The van der Waals surface area contributed by atoms with Crippen molar-refractivity contribution in [2.24, 2.45) is 11.8 Å². The van der Waals surface area contributed by atoms with Gasteiger partial charge in [0.05, 0.1) is 0 Å². The van der Waals surface area contributed by atoms with E-state index in [1.165, 1.54) is 19.3 Å². The maximum Gasteiger partial charge on any atom is 0.130 e. The van der Waals surface area contributed by atoms with E-state index in [1.54, 1.807) is 6.33 Å². The smallest absolute Gasteiger partial charge is 0.130 e. The lowest BCUT2D eigenvalue weighted by Crippen LogP contribution is -2.17. The maximum absolute atomic E-state index is 4.17. The third-order valence-electron chi connectivity index (χ3n) is 3.22. The Morgan fingerprint density at radius 2 is 2.33 bits per heavy atom. The van der Waals surface area contributed by atoms with Crippen LogP contribution in [-0.2, 0) is 0 Å². The summed E-state index contributed by atoms with van der Waals surface area (Å²) < 4.78 is 0.833. The molecular weight excluding hydrogens is 254 g/mol. The minimum absolute atomic E-state index is 0.804. The van der Waals surface area contributed by atoms with Gasteiger partial charge in [0.25, 0.3) is 0 Å². The third kappa shape index (κ3) is 2.91. The zero-order chi connectivity index (χ0) is 10.7. The highest BCUT2D eigenvalue weighted by atomic mass is 79.9. The summed E-state index contributed by atoms with van der Waals surface area (Å²) in [6, 6.07) is 1.92. The first-order chi connectivity index (χ1) is 7.25. The second-order valence-corrected chi connectivity index (χ2v) is 5.09. The van der Waals surface area contributed by atoms with Gasteiger partial charge in [-0.25, -0.2) is 9.97 Å². The first-order valence-electron chi connectivity index (χ1n) is 5.47. The number of hydrogen-bond donors (Lipinski definition) is 1. The molecule has 1 aliphatic carbocycles. The average molecular weight is 270 g/mol. The van der Waals surface area contributed by atoms with Crippen molar-refractivity contribution < 1.29 is 0 Å². The quantitative estimate of drug-likeness (QED) is 0.858. The summed E-state index contributed by atoms with van der Waals surface area (Å²) >= 11 is 3.34. The number of rotatable bonds is 3. The zero-order valence-corrected chi connectivity index (χ0v) is 10.5. The molecule has 0 aliphatic heterocycles. The lowest BCUT2D eigenvalue weighted by Gasteiger charge is -2.16. The topological polar surface area (TPSA) is 37.8 Å². The predicted octanol–water partition coefficient (Wildman–Crippen LogP) is 3.09. The van der Waals surface area contributed by atoms with Crippen LogP contribution in [0, 0.1) is 11.8 Å². The fourth-order valence-electron chi connectivity index (χ4n) is 2.19. The van der Waals surface area contributed by atoms with Gasteiger partial charge < -0.3 is 5.32 Å². The van der Waals surface area contributed by atoms with Crippen LogP contribution in [0.2, 0.25) is 0 Å². The van der Waals surface area contributed by atoms with Gasteiger partial charge in [-0.3, -0.25) is 0 Å². The summed E-state index contributed by atoms with van der Waals surface area (Å²) in [7, 11) is 0. The molecule has 0 saturated heterocycles. The van der Waals surface area contributed by atoms with Gasteiger partial charge in [0, 0.05) is 12.6 Å². The molecule has 0 radical (unpaired) electrons. The Hall–Kier alpha value is -0.640. The first-order valence-corrected chi connectivity index (χ1v) is 6.26. The molecule has 1 heterocycles. The summed E-state index contributed by atoms with van der Waals surface area (Å²) in [4.78, 5) is 8.17. The van der Waals surface area contributed by atoms with Crippen molar-refractivity contribution >= 4 is 21.7 Å². The van der Waals surface area contributed by atoms with Crippen LogP contribution in [0.5, 0.6) is 0 Å². The molecule has 1 saturated carbocycles. The molecule has 1 aliphatic rings. The molecular formula is C11H16BrN3. The second-order valence-electron chi connectivity index (χ2n) is 4.28. The molecule has 3 nitrogen and oxygen atoms in total. The van der Waals surface area contributed by atoms with Crippen molar-refractivity contribution in [3.8, 4) is 0 Å². The number of nitrogens with zero attached hydrogens (tertiary/aromatic N) is 2. The minimum Gasteiger partial charge on any atom is -0.370 e. The van der Waals surface area contributed by atoms with Gasteiger partial charge in [-0.05, 0) is 34.2 Å². The van der Waals surface area contributed by atoms with Gasteiger partial charge in [0.1, 0.15) is 16.7 Å². The van der Waals surface area contributed by atoms with E-state index in [-0.39, 0.29) is 0 Å². The monoisotopic (exact) mass is 269 g/mol. The molecule has 15 heavy (non-hydrogen) atoms. The van der Waals surface area contributed by atoms with Crippen molar-refractivity contribution in [1.29, 1.82) is 0 Å². The van der Waals surface area contributed by atoms with E-state index in [1.807, 2.05) is 6.07 Å². The number of aromatic nitrogens is 2. The predicted molar refractivity (Wildman–Crippen MR) is 64.7 cm³/mol. The molecule has 0 amide bonds. The van der Waals surface area contributed by atoms with Crippen molar-refractivity contribution in [3.63, 3.8) is 0 Å². The number of nitrogens with one attached hydrogen (secondary N) is 1. The van der Waals surface area contributed by atoms with Crippen molar-refractivity contribution in [2.75, 3.05) is 11.9 Å². The Morgan fingerprint density at radius 1 is 1.47 bits per heavy atom. The molecule has 1 N–H and O–H groups in total. The van der Waals surface area contributed by atoms with Crippen LogP contribution >= 0.6 is 15.9 Å². The van der Waals surface area contributed by atoms with Crippen molar-refractivity contribution in [2.45, 2.75) is 26.2 Å². The van der Waals surface area contributed by atoms with Crippen LogP contribution < -0.4 is 5.32 Å². The SMILES string of the molecule is CC1CCCC1CNc1cc(Br)ncn1. The fraction of sp³-hybridized carbons (Fsp3) is 0.636. The molecule has 1 fully saturated rings. The van der Waals surface area contributed by atoms with Gasteiger partial charge in [0.15, 0.2) is 0 Å². The van der Waals surface area contributed by atoms with Crippen LogP contribution in [0.3, 0.4) is 0 Å².